The number of fused-ring (bicyclic) bond motifs is 12. The van der Waals surface area contributed by atoms with Crippen LogP contribution in [-0.2, 0) is 0 Å². The molecule has 0 aliphatic heterocycles. The summed E-state index contributed by atoms with van der Waals surface area (Å²) in [6.07, 6.45) is 8.79. The fourth-order valence-corrected chi connectivity index (χ4v) is 7.28. The summed E-state index contributed by atoms with van der Waals surface area (Å²) in [6, 6.07) is 0. The van der Waals surface area contributed by atoms with Crippen LogP contribution in [0.25, 0.3) is 0 Å². The quantitative estimate of drug-likeness (QED) is 0.620. The zero-order valence-corrected chi connectivity index (χ0v) is 9.89. The predicted octanol–water partition coefficient (Wildman–Crippen LogP) is 2.69. The third-order valence-electron chi connectivity index (χ3n) is 7.35. The summed E-state index contributed by atoms with van der Waals surface area (Å²) in [5.74, 6) is 8.07. The highest BCUT2D eigenvalue weighted by Gasteiger charge is 2.67. The van der Waals surface area contributed by atoms with Gasteiger partial charge in [0.25, 0.3) is 0 Å². The van der Waals surface area contributed by atoms with Gasteiger partial charge < -0.3 is 5.11 Å². The molecule has 1 N–H and O–H groups in total. The maximum atomic E-state index is 10.1. The second-order valence-corrected chi connectivity index (χ2v) is 7.44. The highest BCUT2D eigenvalue weighted by Crippen LogP contribution is 2.72. The number of hydrogen-bond acceptors (Lipinski definition) is 1. The Hall–Kier alpha value is -0.0400. The topological polar surface area (TPSA) is 20.2 Å². The van der Waals surface area contributed by atoms with E-state index in [-0.39, 0.29) is 6.10 Å². The summed E-state index contributed by atoms with van der Waals surface area (Å²) in [6.45, 7) is 0. The number of rotatable bonds is 0. The Balaban J connectivity index is 1.57. The highest BCUT2D eigenvalue weighted by atomic mass is 16.3. The maximum absolute atomic E-state index is 10.1. The van der Waals surface area contributed by atoms with Crippen molar-refractivity contribution in [2.75, 3.05) is 0 Å². The van der Waals surface area contributed by atoms with E-state index < -0.39 is 0 Å². The molecule has 5 aliphatic carbocycles. The zero-order chi connectivity index (χ0) is 10.4. The predicted molar refractivity (Wildman–Crippen MR) is 61.6 cm³/mol. The minimum Gasteiger partial charge on any atom is -0.393 e. The Morgan fingerprint density at radius 3 is 2.25 bits per heavy atom. The van der Waals surface area contributed by atoms with Gasteiger partial charge in [0.1, 0.15) is 0 Å². The number of aliphatic hydroxyl groups excluding tert-OH is 1. The van der Waals surface area contributed by atoms with Crippen molar-refractivity contribution in [3.63, 3.8) is 0 Å². The minimum absolute atomic E-state index is 0.0884. The normalized spacial score (nSPS) is 69.9. The lowest BCUT2D eigenvalue weighted by atomic mass is 9.64. The Bertz CT molecular complexity index is 338. The van der Waals surface area contributed by atoms with Gasteiger partial charge in [-0.1, -0.05) is 6.42 Å². The van der Waals surface area contributed by atoms with Gasteiger partial charge in [0, 0.05) is 0 Å². The van der Waals surface area contributed by atoms with E-state index in [2.05, 4.69) is 0 Å². The average molecular weight is 218 g/mol. The van der Waals surface area contributed by atoms with Crippen LogP contribution in [0.4, 0.5) is 0 Å². The first-order chi connectivity index (χ1) is 7.84. The molecular formula is C15H22O. The second-order valence-electron chi connectivity index (χ2n) is 7.44. The Morgan fingerprint density at radius 1 is 0.688 bits per heavy atom. The maximum Gasteiger partial charge on any atom is 0.0574 e. The molecule has 5 fully saturated rings. The van der Waals surface area contributed by atoms with E-state index in [1.165, 1.54) is 19.3 Å². The monoisotopic (exact) mass is 218 g/mol. The molecule has 0 unspecified atom stereocenters. The van der Waals surface area contributed by atoms with Crippen LogP contribution in [0.3, 0.4) is 0 Å². The van der Waals surface area contributed by atoms with E-state index in [1.807, 2.05) is 0 Å². The van der Waals surface area contributed by atoms with Gasteiger partial charge in [0.05, 0.1) is 6.10 Å². The number of hydrogen-bond donors (Lipinski definition) is 1. The van der Waals surface area contributed by atoms with Crippen LogP contribution < -0.4 is 0 Å². The van der Waals surface area contributed by atoms with Crippen molar-refractivity contribution in [1.29, 1.82) is 0 Å². The molecule has 0 aromatic heterocycles. The molecule has 9 atom stereocenters. The van der Waals surface area contributed by atoms with Crippen LogP contribution in [0.5, 0.6) is 0 Å². The summed E-state index contributed by atoms with van der Waals surface area (Å²) in [5.41, 5.74) is 0. The van der Waals surface area contributed by atoms with Crippen LogP contribution in [0, 0.1) is 47.3 Å². The van der Waals surface area contributed by atoms with Crippen molar-refractivity contribution in [3.05, 3.63) is 0 Å². The molecule has 5 aliphatic rings. The van der Waals surface area contributed by atoms with E-state index in [1.54, 1.807) is 12.8 Å². The van der Waals surface area contributed by atoms with Gasteiger partial charge in [-0.05, 0) is 79.4 Å². The molecule has 0 saturated heterocycles. The van der Waals surface area contributed by atoms with Crippen molar-refractivity contribution >= 4 is 0 Å². The molecule has 16 heavy (non-hydrogen) atoms. The van der Waals surface area contributed by atoms with Crippen LogP contribution in [0.15, 0.2) is 0 Å². The molecule has 4 bridgehead atoms. The van der Waals surface area contributed by atoms with Gasteiger partial charge in [-0.2, -0.15) is 0 Å². The van der Waals surface area contributed by atoms with E-state index in [0.29, 0.717) is 0 Å². The molecule has 5 rings (SSSR count). The molecule has 1 nitrogen and oxygen atoms in total. The van der Waals surface area contributed by atoms with Gasteiger partial charge >= 0.3 is 0 Å². The van der Waals surface area contributed by atoms with Crippen molar-refractivity contribution in [2.45, 2.75) is 44.6 Å². The van der Waals surface area contributed by atoms with Gasteiger partial charge in [0.2, 0.25) is 0 Å². The van der Waals surface area contributed by atoms with Crippen molar-refractivity contribution in [1.82, 2.24) is 0 Å². The molecule has 0 heterocycles. The smallest absolute Gasteiger partial charge is 0.0574 e. The SMILES string of the molecule is O[C@H]1C[C@H]2C[C@@H]1[C@H]1[C@H]3C[C@H]([C@H]4CCC[C@H]43)[C@@H]21. The molecular weight excluding hydrogens is 196 g/mol. The van der Waals surface area contributed by atoms with Gasteiger partial charge in [-0.15, -0.1) is 0 Å². The van der Waals surface area contributed by atoms with E-state index >= 15 is 0 Å². The summed E-state index contributed by atoms with van der Waals surface area (Å²) in [7, 11) is 0. The molecule has 1 heteroatoms. The second kappa shape index (κ2) is 2.68. The molecule has 0 amide bonds. The summed E-state index contributed by atoms with van der Waals surface area (Å²) in [5, 5.41) is 10.1. The van der Waals surface area contributed by atoms with Crippen LogP contribution in [-0.4, -0.2) is 11.2 Å². The van der Waals surface area contributed by atoms with Gasteiger partial charge in [-0.3, -0.25) is 0 Å². The van der Waals surface area contributed by atoms with E-state index in [4.69, 9.17) is 0 Å². The summed E-state index contributed by atoms with van der Waals surface area (Å²) < 4.78 is 0. The van der Waals surface area contributed by atoms with Crippen LogP contribution in [0.2, 0.25) is 0 Å². The van der Waals surface area contributed by atoms with Crippen molar-refractivity contribution in [3.8, 4) is 0 Å². The fraction of sp³-hybridized carbons (Fsp3) is 1.00. The first kappa shape index (κ1) is 8.97. The molecule has 0 spiro atoms. The van der Waals surface area contributed by atoms with Crippen molar-refractivity contribution < 1.29 is 5.11 Å². The third-order valence-corrected chi connectivity index (χ3v) is 7.35. The molecule has 88 valence electrons. The molecule has 0 aromatic carbocycles. The largest absolute Gasteiger partial charge is 0.393 e. The molecule has 5 saturated carbocycles. The first-order valence-electron chi connectivity index (χ1n) is 7.52. The third kappa shape index (κ3) is 0.805. The van der Waals surface area contributed by atoms with E-state index in [0.717, 1.165) is 53.8 Å². The summed E-state index contributed by atoms with van der Waals surface area (Å²) >= 11 is 0. The highest BCUT2D eigenvalue weighted by molar-refractivity contribution is 5.15. The lowest BCUT2D eigenvalue weighted by Gasteiger charge is -2.42. The lowest BCUT2D eigenvalue weighted by Crippen LogP contribution is -2.40. The van der Waals surface area contributed by atoms with E-state index in [9.17, 15) is 5.11 Å². The van der Waals surface area contributed by atoms with Crippen LogP contribution >= 0.6 is 0 Å². The minimum atomic E-state index is 0.0884. The number of aliphatic hydroxyl groups is 1. The molecule has 0 aromatic rings. The van der Waals surface area contributed by atoms with Crippen molar-refractivity contribution in [2.24, 2.45) is 47.3 Å². The van der Waals surface area contributed by atoms with Gasteiger partial charge in [0.15, 0.2) is 0 Å². The summed E-state index contributed by atoms with van der Waals surface area (Å²) in [4.78, 5) is 0. The standard InChI is InChI=1S/C15H22O/c16-13-5-7-4-12(13)15-11-6-10(14(7)15)8-2-1-3-9(8)11/h7-16H,1-6H2/t7-,8+,9-,10-,11+,12+,13+,14-,15-/m1/s1. The van der Waals surface area contributed by atoms with Crippen LogP contribution in [0.1, 0.15) is 38.5 Å². The Morgan fingerprint density at radius 2 is 1.44 bits per heavy atom. The Kier molecular flexibility index (Phi) is 1.50. The lowest BCUT2D eigenvalue weighted by molar-refractivity contribution is -0.000102. The first-order valence-corrected chi connectivity index (χ1v) is 7.52. The fourth-order valence-electron chi connectivity index (χ4n) is 7.28. The zero-order valence-electron chi connectivity index (χ0n) is 9.89. The molecule has 0 radical (unpaired) electrons. The average Bonchev–Trinajstić information content (AvgIpc) is 2.99. The Labute approximate surface area is 97.6 Å². The van der Waals surface area contributed by atoms with Gasteiger partial charge in [-0.25, -0.2) is 0 Å².